The van der Waals surface area contributed by atoms with E-state index in [-0.39, 0.29) is 16.0 Å². The number of carbonyl (C=O) groups excluding carboxylic acids is 1. The molecule has 1 aliphatic rings. The van der Waals surface area contributed by atoms with E-state index < -0.39 is 0 Å². The molecule has 0 bridgehead atoms. The standard InChI is InChI=1S/C18H14Br2O/c19-15-11-18(12-16(20)17(15)21,13-7-3-1-4-8-13)14-9-5-2-6-10-14/h1-11,16H,12H2/t16-/m0/s1. The number of hydrogen-bond acceptors (Lipinski definition) is 1. The van der Waals surface area contributed by atoms with Crippen LogP contribution in [-0.2, 0) is 10.2 Å². The summed E-state index contributed by atoms with van der Waals surface area (Å²) in [6.45, 7) is 0. The molecular weight excluding hydrogens is 392 g/mol. The summed E-state index contributed by atoms with van der Waals surface area (Å²) in [6, 6.07) is 20.7. The van der Waals surface area contributed by atoms with Crippen molar-refractivity contribution >= 4 is 37.6 Å². The number of halogens is 2. The van der Waals surface area contributed by atoms with Crippen LogP contribution in [0.3, 0.4) is 0 Å². The van der Waals surface area contributed by atoms with E-state index in [1.165, 1.54) is 11.1 Å². The Bertz CT molecular complexity index is 637. The van der Waals surface area contributed by atoms with E-state index in [4.69, 9.17) is 0 Å². The first-order valence-electron chi connectivity index (χ1n) is 6.81. The zero-order valence-electron chi connectivity index (χ0n) is 11.3. The lowest BCUT2D eigenvalue weighted by molar-refractivity contribution is -0.114. The minimum absolute atomic E-state index is 0.109. The summed E-state index contributed by atoms with van der Waals surface area (Å²) in [7, 11) is 0. The minimum Gasteiger partial charge on any atom is -0.292 e. The number of hydrogen-bond donors (Lipinski definition) is 0. The van der Waals surface area contributed by atoms with Gasteiger partial charge in [0.05, 0.1) is 9.31 Å². The summed E-state index contributed by atoms with van der Waals surface area (Å²) in [4.78, 5) is 11.9. The van der Waals surface area contributed by atoms with Crippen LogP contribution in [-0.4, -0.2) is 10.6 Å². The van der Waals surface area contributed by atoms with Crippen LogP contribution in [0.2, 0.25) is 0 Å². The predicted molar refractivity (Wildman–Crippen MR) is 93.0 cm³/mol. The average Bonchev–Trinajstić information content (AvgIpc) is 2.54. The molecule has 1 aliphatic carbocycles. The van der Waals surface area contributed by atoms with Crippen molar-refractivity contribution in [2.24, 2.45) is 0 Å². The summed E-state index contributed by atoms with van der Waals surface area (Å²) in [6.07, 6.45) is 2.77. The van der Waals surface area contributed by atoms with Crippen molar-refractivity contribution < 1.29 is 4.79 Å². The Balaban J connectivity index is 2.25. The fraction of sp³-hybridized carbons (Fsp3) is 0.167. The van der Waals surface area contributed by atoms with E-state index in [1.807, 2.05) is 36.4 Å². The van der Waals surface area contributed by atoms with Crippen molar-refractivity contribution in [1.29, 1.82) is 0 Å². The maximum Gasteiger partial charge on any atom is 0.183 e. The molecule has 0 saturated carbocycles. The summed E-state index contributed by atoms with van der Waals surface area (Å²) < 4.78 is 0.642. The maximum atomic E-state index is 12.1. The molecule has 0 fully saturated rings. The Kier molecular flexibility index (Phi) is 4.14. The molecule has 3 rings (SSSR count). The van der Waals surface area contributed by atoms with Crippen LogP contribution < -0.4 is 0 Å². The third-order valence-corrected chi connectivity index (χ3v) is 5.33. The first-order valence-corrected chi connectivity index (χ1v) is 8.52. The highest BCUT2D eigenvalue weighted by Gasteiger charge is 2.41. The molecule has 0 radical (unpaired) electrons. The van der Waals surface area contributed by atoms with Crippen LogP contribution in [0.1, 0.15) is 17.5 Å². The number of carbonyl (C=O) groups is 1. The first kappa shape index (κ1) is 14.7. The highest BCUT2D eigenvalue weighted by molar-refractivity contribution is 9.12. The number of benzene rings is 2. The summed E-state index contributed by atoms with van der Waals surface area (Å²) >= 11 is 6.99. The maximum absolute atomic E-state index is 12.1. The van der Waals surface area contributed by atoms with Gasteiger partial charge in [0.2, 0.25) is 0 Å². The lowest BCUT2D eigenvalue weighted by atomic mass is 9.68. The molecule has 106 valence electrons. The van der Waals surface area contributed by atoms with Gasteiger partial charge in [-0.25, -0.2) is 0 Å². The highest BCUT2D eigenvalue weighted by atomic mass is 79.9. The van der Waals surface area contributed by atoms with E-state index in [0.29, 0.717) is 4.48 Å². The van der Waals surface area contributed by atoms with Gasteiger partial charge in [-0.3, -0.25) is 4.79 Å². The molecule has 1 atom stereocenters. The smallest absolute Gasteiger partial charge is 0.183 e. The van der Waals surface area contributed by atoms with Crippen LogP contribution in [0.25, 0.3) is 0 Å². The topological polar surface area (TPSA) is 17.1 Å². The van der Waals surface area contributed by atoms with Crippen molar-refractivity contribution in [3.05, 3.63) is 82.3 Å². The summed E-state index contributed by atoms with van der Waals surface area (Å²) in [5, 5.41) is 0. The number of ketones is 1. The average molecular weight is 406 g/mol. The number of Topliss-reactive ketones (excluding diaryl/α,β-unsaturated/α-hetero) is 1. The second-order valence-corrected chi connectivity index (χ2v) is 7.19. The first-order chi connectivity index (χ1) is 10.1. The van der Waals surface area contributed by atoms with Gasteiger partial charge in [0.25, 0.3) is 0 Å². The van der Waals surface area contributed by atoms with Gasteiger partial charge in [-0.15, -0.1) is 0 Å². The van der Waals surface area contributed by atoms with E-state index in [0.717, 1.165) is 6.42 Å². The monoisotopic (exact) mass is 404 g/mol. The zero-order chi connectivity index (χ0) is 14.9. The molecule has 0 unspecified atom stereocenters. The molecule has 0 spiro atoms. The van der Waals surface area contributed by atoms with Crippen molar-refractivity contribution in [1.82, 2.24) is 0 Å². The van der Waals surface area contributed by atoms with Gasteiger partial charge >= 0.3 is 0 Å². The fourth-order valence-electron chi connectivity index (χ4n) is 2.91. The van der Waals surface area contributed by atoms with Gasteiger partial charge in [-0.2, -0.15) is 0 Å². The lowest BCUT2D eigenvalue weighted by Gasteiger charge is -2.37. The number of alkyl halides is 1. The lowest BCUT2D eigenvalue weighted by Crippen LogP contribution is -2.36. The van der Waals surface area contributed by atoms with Gasteiger partial charge < -0.3 is 0 Å². The molecule has 0 saturated heterocycles. The van der Waals surface area contributed by atoms with Crippen molar-refractivity contribution in [2.75, 3.05) is 0 Å². The molecular formula is C18H14Br2O. The Morgan fingerprint density at radius 2 is 1.38 bits per heavy atom. The van der Waals surface area contributed by atoms with Crippen LogP contribution in [0.5, 0.6) is 0 Å². The Hall–Kier alpha value is -1.19. The molecule has 0 heterocycles. The van der Waals surface area contributed by atoms with Gasteiger partial charge in [-0.1, -0.05) is 82.7 Å². The number of allylic oxidation sites excluding steroid dienone is 2. The molecule has 0 N–H and O–H groups in total. The summed E-state index contributed by atoms with van der Waals surface area (Å²) in [5.41, 5.74) is 2.11. The van der Waals surface area contributed by atoms with Crippen molar-refractivity contribution in [3.8, 4) is 0 Å². The van der Waals surface area contributed by atoms with Gasteiger partial charge in [-0.05, 0) is 33.5 Å². The normalized spacial score (nSPS) is 21.0. The molecule has 0 aromatic heterocycles. The Morgan fingerprint density at radius 3 is 1.81 bits per heavy atom. The second kappa shape index (κ2) is 5.90. The molecule has 1 nitrogen and oxygen atoms in total. The van der Waals surface area contributed by atoms with Gasteiger partial charge in [0.15, 0.2) is 5.78 Å². The number of rotatable bonds is 2. The van der Waals surface area contributed by atoms with Gasteiger partial charge in [0, 0.05) is 5.41 Å². The third kappa shape index (κ3) is 2.65. The van der Waals surface area contributed by atoms with E-state index in [2.05, 4.69) is 62.2 Å². The largest absolute Gasteiger partial charge is 0.292 e. The Morgan fingerprint density at radius 1 is 0.905 bits per heavy atom. The van der Waals surface area contributed by atoms with Crippen LogP contribution in [0.15, 0.2) is 71.2 Å². The van der Waals surface area contributed by atoms with Crippen molar-refractivity contribution in [2.45, 2.75) is 16.7 Å². The summed E-state index contributed by atoms with van der Waals surface area (Å²) in [5.74, 6) is 0.109. The molecule has 21 heavy (non-hydrogen) atoms. The second-order valence-electron chi connectivity index (χ2n) is 5.23. The molecule has 0 amide bonds. The van der Waals surface area contributed by atoms with Crippen LogP contribution in [0, 0.1) is 0 Å². The van der Waals surface area contributed by atoms with E-state index >= 15 is 0 Å². The molecule has 3 heteroatoms. The third-order valence-electron chi connectivity index (χ3n) is 3.97. The quantitative estimate of drug-likeness (QED) is 0.643. The fourth-order valence-corrected chi connectivity index (χ4v) is 4.64. The van der Waals surface area contributed by atoms with Crippen molar-refractivity contribution in [3.63, 3.8) is 0 Å². The molecule has 0 aliphatic heterocycles. The van der Waals surface area contributed by atoms with Crippen LogP contribution >= 0.6 is 31.9 Å². The van der Waals surface area contributed by atoms with E-state index in [9.17, 15) is 4.79 Å². The SMILES string of the molecule is O=C1C(Br)=CC(c2ccccc2)(c2ccccc2)C[C@@H]1Br. The predicted octanol–water partition coefficient (Wildman–Crippen LogP) is 4.99. The zero-order valence-corrected chi connectivity index (χ0v) is 14.5. The molecule has 2 aromatic carbocycles. The molecule has 2 aromatic rings. The van der Waals surface area contributed by atoms with Gasteiger partial charge in [0.1, 0.15) is 0 Å². The minimum atomic E-state index is -0.288. The Labute approximate surface area is 141 Å². The highest BCUT2D eigenvalue weighted by Crippen LogP contribution is 2.44. The van der Waals surface area contributed by atoms with Crippen LogP contribution in [0.4, 0.5) is 0 Å². The van der Waals surface area contributed by atoms with E-state index in [1.54, 1.807) is 0 Å².